The van der Waals surface area contributed by atoms with Crippen molar-refractivity contribution in [2.45, 2.75) is 6.92 Å². The van der Waals surface area contributed by atoms with E-state index in [1.165, 1.54) is 26.5 Å². The first-order valence-electron chi connectivity index (χ1n) is 6.54. The minimum atomic E-state index is 0.0830. The van der Waals surface area contributed by atoms with Crippen LogP contribution in [0.2, 0.25) is 0 Å². The Morgan fingerprint density at radius 1 is 0.750 bits per heavy atom. The van der Waals surface area contributed by atoms with Gasteiger partial charge in [-0.25, -0.2) is 0 Å². The summed E-state index contributed by atoms with van der Waals surface area (Å²) in [7, 11) is 0.0830. The van der Waals surface area contributed by atoms with Gasteiger partial charge in [0.05, 0.1) is 0 Å². The van der Waals surface area contributed by atoms with Crippen LogP contribution in [0, 0.1) is 0 Å². The summed E-state index contributed by atoms with van der Waals surface area (Å²) in [6, 6.07) is 21.4. The van der Waals surface area contributed by atoms with Crippen LogP contribution >= 0.6 is 28.9 Å². The summed E-state index contributed by atoms with van der Waals surface area (Å²) in [6.07, 6.45) is 4.63. The Morgan fingerprint density at radius 3 is 1.90 bits per heavy atom. The molecule has 1 atom stereocenters. The van der Waals surface area contributed by atoms with Crippen LogP contribution in [-0.4, -0.2) is 4.86 Å². The zero-order chi connectivity index (χ0) is 13.9. The fourth-order valence-corrected chi connectivity index (χ4v) is 6.05. The van der Waals surface area contributed by atoms with Gasteiger partial charge >= 0.3 is 0 Å². The maximum Gasteiger partial charge on any atom is 0.0195 e. The van der Waals surface area contributed by atoms with Crippen LogP contribution in [0.1, 0.15) is 18.1 Å². The Labute approximate surface area is 134 Å². The molecule has 1 aliphatic rings. The van der Waals surface area contributed by atoms with Gasteiger partial charge in [-0.15, -0.1) is 0 Å². The highest BCUT2D eigenvalue weighted by Gasteiger charge is 2.14. The van der Waals surface area contributed by atoms with Gasteiger partial charge in [0.2, 0.25) is 0 Å². The van der Waals surface area contributed by atoms with E-state index in [0.717, 1.165) is 0 Å². The molecule has 1 aliphatic heterocycles. The molecule has 0 fully saturated rings. The molecule has 0 saturated carbocycles. The molecule has 100 valence electrons. The zero-order valence-corrected chi connectivity index (χ0v) is 14.2. The quantitative estimate of drug-likeness (QED) is 0.447. The van der Waals surface area contributed by atoms with Crippen LogP contribution in [0.15, 0.2) is 78.4 Å². The van der Waals surface area contributed by atoms with Crippen LogP contribution in [-0.2, 0) is 0 Å². The Balaban J connectivity index is 2.14. The van der Waals surface area contributed by atoms with Gasteiger partial charge in [-0.05, 0) is 57.0 Å². The van der Waals surface area contributed by atoms with Crippen LogP contribution in [0.25, 0.3) is 4.91 Å². The fraction of sp³-hybridized carbons (Fsp3) is 0.0556. The molecule has 0 spiro atoms. The summed E-state index contributed by atoms with van der Waals surface area (Å²) in [6.45, 7) is 2.18. The lowest BCUT2D eigenvalue weighted by atomic mass is 10.1. The monoisotopic (exact) mass is 390 g/mol. The van der Waals surface area contributed by atoms with Crippen molar-refractivity contribution in [3.63, 3.8) is 0 Å². The first-order chi connectivity index (χ1) is 9.75. The van der Waals surface area contributed by atoms with E-state index >= 15 is 0 Å². The van der Waals surface area contributed by atoms with Crippen molar-refractivity contribution in [1.29, 1.82) is 0 Å². The fourth-order valence-electron chi connectivity index (χ4n) is 2.26. The number of benzene rings is 2. The predicted octanol–water partition coefficient (Wildman–Crippen LogP) is 5.83. The van der Waals surface area contributed by atoms with Gasteiger partial charge in [-0.1, -0.05) is 68.3 Å². The van der Waals surface area contributed by atoms with Gasteiger partial charge in [-0.2, -0.15) is 0 Å². The number of rotatable bonds is 2. The second-order valence-electron chi connectivity index (χ2n) is 4.75. The van der Waals surface area contributed by atoms with Crippen molar-refractivity contribution in [3.8, 4) is 0 Å². The molecular formula is C18H15IS. The van der Waals surface area contributed by atoms with Crippen LogP contribution in [0.4, 0.5) is 0 Å². The second-order valence-corrected chi connectivity index (χ2v) is 8.78. The standard InChI is InChI=1S/C18H15IS/c1-14-12-17(15-8-4-2-5-9-15)20(19)18(13-14)16-10-6-3-7-11-16/h2-13H,1H3. The molecule has 0 N–H and O–H groups in total. The minimum Gasteiger partial charge on any atom is -0.0829 e. The van der Waals surface area contributed by atoms with Gasteiger partial charge in [0.15, 0.2) is 0 Å². The van der Waals surface area contributed by atoms with E-state index in [2.05, 4.69) is 101 Å². The van der Waals surface area contributed by atoms with E-state index in [1.54, 1.807) is 0 Å². The molecule has 1 unspecified atom stereocenters. The molecule has 0 aromatic heterocycles. The summed E-state index contributed by atoms with van der Waals surface area (Å²) in [5.41, 5.74) is 3.97. The first-order valence-corrected chi connectivity index (χ1v) is 10.3. The Bertz CT molecular complexity index is 710. The SMILES string of the molecule is CC1=CC(c2ccccc2)=S(I)C(c2ccccc2)=C1. The lowest BCUT2D eigenvalue weighted by molar-refractivity contribution is 1.53. The van der Waals surface area contributed by atoms with Gasteiger partial charge < -0.3 is 0 Å². The minimum absolute atomic E-state index is 0.0830. The van der Waals surface area contributed by atoms with Crippen molar-refractivity contribution in [2.24, 2.45) is 0 Å². The Hall–Kier alpha value is -1.13. The van der Waals surface area contributed by atoms with Crippen molar-refractivity contribution >= 4 is 38.6 Å². The Kier molecular flexibility index (Phi) is 4.22. The molecule has 3 rings (SSSR count). The highest BCUT2D eigenvalue weighted by molar-refractivity contribution is 14.2. The lowest BCUT2D eigenvalue weighted by Crippen LogP contribution is -2.01. The van der Waals surface area contributed by atoms with E-state index in [9.17, 15) is 0 Å². The largest absolute Gasteiger partial charge is 0.0829 e. The van der Waals surface area contributed by atoms with Crippen molar-refractivity contribution in [1.82, 2.24) is 0 Å². The molecule has 0 amide bonds. The van der Waals surface area contributed by atoms with E-state index in [1.807, 2.05) is 0 Å². The average molecular weight is 390 g/mol. The third-order valence-electron chi connectivity index (χ3n) is 3.22. The molecule has 0 nitrogen and oxygen atoms in total. The molecule has 1 heterocycles. The van der Waals surface area contributed by atoms with Gasteiger partial charge in [0, 0.05) is 9.77 Å². The third kappa shape index (κ3) is 2.81. The lowest BCUT2D eigenvalue weighted by Gasteiger charge is -2.18. The summed E-state index contributed by atoms with van der Waals surface area (Å²) < 4.78 is 0. The van der Waals surface area contributed by atoms with E-state index < -0.39 is 0 Å². The van der Waals surface area contributed by atoms with Crippen molar-refractivity contribution in [3.05, 3.63) is 89.5 Å². The molecule has 20 heavy (non-hydrogen) atoms. The highest BCUT2D eigenvalue weighted by Crippen LogP contribution is 2.46. The van der Waals surface area contributed by atoms with Crippen LogP contribution in [0.5, 0.6) is 0 Å². The van der Waals surface area contributed by atoms with Gasteiger partial charge in [0.25, 0.3) is 0 Å². The van der Waals surface area contributed by atoms with E-state index in [-0.39, 0.29) is 7.66 Å². The van der Waals surface area contributed by atoms with Gasteiger partial charge in [0.1, 0.15) is 0 Å². The number of halogens is 1. The molecule has 2 aromatic rings. The maximum absolute atomic E-state index is 2.58. The normalized spacial score (nSPS) is 18.5. The second kappa shape index (κ2) is 6.10. The molecule has 0 bridgehead atoms. The van der Waals surface area contributed by atoms with E-state index in [0.29, 0.717) is 0 Å². The summed E-state index contributed by atoms with van der Waals surface area (Å²) >= 11 is 2.58. The van der Waals surface area contributed by atoms with Gasteiger partial charge in [-0.3, -0.25) is 0 Å². The molecule has 0 saturated heterocycles. The highest BCUT2D eigenvalue weighted by atomic mass is 127. The van der Waals surface area contributed by atoms with Crippen LogP contribution in [0.3, 0.4) is 0 Å². The number of allylic oxidation sites excluding steroid dienone is 3. The molecule has 2 heteroatoms. The third-order valence-corrected chi connectivity index (χ3v) is 7.55. The first kappa shape index (κ1) is 13.8. The van der Waals surface area contributed by atoms with Crippen molar-refractivity contribution in [2.75, 3.05) is 0 Å². The maximum atomic E-state index is 2.58. The van der Waals surface area contributed by atoms with Crippen LogP contribution < -0.4 is 0 Å². The average Bonchev–Trinajstić information content (AvgIpc) is 2.51. The molecule has 0 aliphatic carbocycles. The molecular weight excluding hydrogens is 375 g/mol. The molecule has 0 radical (unpaired) electrons. The zero-order valence-electron chi connectivity index (χ0n) is 11.2. The smallest absolute Gasteiger partial charge is 0.0195 e. The number of hydrogen-bond acceptors (Lipinski definition) is 0. The predicted molar refractivity (Wildman–Crippen MR) is 100 cm³/mol. The topological polar surface area (TPSA) is 0 Å². The summed E-state index contributed by atoms with van der Waals surface area (Å²) in [5, 5.41) is 0. The van der Waals surface area contributed by atoms with E-state index in [4.69, 9.17) is 0 Å². The van der Waals surface area contributed by atoms with Crippen molar-refractivity contribution < 1.29 is 0 Å². The summed E-state index contributed by atoms with van der Waals surface area (Å²) in [5.74, 6) is 0. The summed E-state index contributed by atoms with van der Waals surface area (Å²) in [4.78, 5) is 2.84. The Morgan fingerprint density at radius 2 is 1.30 bits per heavy atom. The number of hydrogen-bond donors (Lipinski definition) is 0. The molecule has 2 aromatic carbocycles.